The second-order valence-electron chi connectivity index (χ2n) is 6.40. The van der Waals surface area contributed by atoms with Gasteiger partial charge < -0.3 is 9.47 Å². The Hall–Kier alpha value is -3.09. The van der Waals surface area contributed by atoms with Crippen LogP contribution in [-0.2, 0) is 6.54 Å². The number of nitrogens with zero attached hydrogens (tertiary/aromatic N) is 6. The van der Waals surface area contributed by atoms with Crippen LogP contribution in [0.25, 0.3) is 0 Å². The van der Waals surface area contributed by atoms with Crippen molar-refractivity contribution in [2.45, 2.75) is 31.8 Å². The predicted molar refractivity (Wildman–Crippen MR) is 95.2 cm³/mol. The molecule has 1 aliphatic heterocycles. The van der Waals surface area contributed by atoms with Gasteiger partial charge >= 0.3 is 0 Å². The molecule has 7 nitrogen and oxygen atoms in total. The molecule has 3 heterocycles. The molecule has 1 aromatic carbocycles. The molecule has 0 bridgehead atoms. The molecule has 7 heteroatoms. The highest BCUT2D eigenvalue weighted by atomic mass is 16.2. The van der Waals surface area contributed by atoms with E-state index < -0.39 is 0 Å². The van der Waals surface area contributed by atoms with Gasteiger partial charge in [-0.25, -0.2) is 4.98 Å². The summed E-state index contributed by atoms with van der Waals surface area (Å²) in [5, 5.41) is 8.45. The van der Waals surface area contributed by atoms with E-state index in [1.54, 1.807) is 18.7 Å². The zero-order chi connectivity index (χ0) is 17.8. The number of likely N-dealkylation sites (tertiary alicyclic amines) is 1. The molecule has 132 valence electrons. The van der Waals surface area contributed by atoms with Crippen LogP contribution in [-0.4, -0.2) is 42.1 Å². The summed E-state index contributed by atoms with van der Waals surface area (Å²) in [5.41, 5.74) is 1.55. The van der Waals surface area contributed by atoms with Crippen LogP contribution < -0.4 is 0 Å². The molecule has 1 amide bonds. The van der Waals surface area contributed by atoms with Crippen LogP contribution >= 0.6 is 0 Å². The van der Waals surface area contributed by atoms with Gasteiger partial charge in [0.25, 0.3) is 5.91 Å². The maximum Gasteiger partial charge on any atom is 0.274 e. The van der Waals surface area contributed by atoms with Crippen LogP contribution in [0.2, 0.25) is 0 Å². The summed E-state index contributed by atoms with van der Waals surface area (Å²) in [5.74, 6) is 0.725. The van der Waals surface area contributed by atoms with Crippen LogP contribution in [0.3, 0.4) is 0 Å². The molecule has 0 spiro atoms. The van der Waals surface area contributed by atoms with Crippen LogP contribution in [0.4, 0.5) is 0 Å². The van der Waals surface area contributed by atoms with E-state index in [0.717, 1.165) is 25.1 Å². The van der Waals surface area contributed by atoms with E-state index in [4.69, 9.17) is 0 Å². The number of rotatable bonds is 4. The zero-order valence-corrected chi connectivity index (χ0v) is 14.4. The van der Waals surface area contributed by atoms with Crippen molar-refractivity contribution in [3.05, 3.63) is 72.3 Å². The molecule has 0 N–H and O–H groups in total. The molecule has 0 aliphatic carbocycles. The first-order valence-electron chi connectivity index (χ1n) is 8.81. The van der Waals surface area contributed by atoms with E-state index in [1.807, 2.05) is 27.7 Å². The molecule has 1 atom stereocenters. The number of hydrogen-bond acceptors (Lipinski definition) is 5. The summed E-state index contributed by atoms with van der Waals surface area (Å²) in [6, 6.07) is 10.1. The molecule has 0 radical (unpaired) electrons. The molecular weight excluding hydrogens is 328 g/mol. The number of piperidine rings is 1. The van der Waals surface area contributed by atoms with Crippen molar-refractivity contribution in [2.75, 3.05) is 6.54 Å². The van der Waals surface area contributed by atoms with E-state index in [1.165, 1.54) is 11.8 Å². The third-order valence-electron chi connectivity index (χ3n) is 4.69. The summed E-state index contributed by atoms with van der Waals surface area (Å²) in [4.78, 5) is 23.0. The lowest BCUT2D eigenvalue weighted by Gasteiger charge is -2.34. The average molecular weight is 348 g/mol. The Labute approximate surface area is 151 Å². The molecule has 3 aromatic rings. The highest BCUT2D eigenvalue weighted by Gasteiger charge is 2.32. The maximum atomic E-state index is 12.9. The van der Waals surface area contributed by atoms with Gasteiger partial charge in [0.1, 0.15) is 12.0 Å². The lowest BCUT2D eigenvalue weighted by molar-refractivity contribution is 0.0588. The summed E-state index contributed by atoms with van der Waals surface area (Å²) in [7, 11) is 0. The van der Waals surface area contributed by atoms with Crippen molar-refractivity contribution in [2.24, 2.45) is 0 Å². The summed E-state index contributed by atoms with van der Waals surface area (Å²) >= 11 is 0. The first-order chi connectivity index (χ1) is 12.8. The van der Waals surface area contributed by atoms with Crippen molar-refractivity contribution < 1.29 is 4.79 Å². The number of hydrogen-bond donors (Lipinski definition) is 0. The number of carbonyl (C=O) groups excluding carboxylic acids is 1. The first-order valence-corrected chi connectivity index (χ1v) is 8.81. The fourth-order valence-corrected chi connectivity index (χ4v) is 3.42. The molecule has 1 saturated heterocycles. The molecule has 1 fully saturated rings. The minimum absolute atomic E-state index is 0.0931. The van der Waals surface area contributed by atoms with E-state index >= 15 is 0 Å². The Bertz CT molecular complexity index is 864. The summed E-state index contributed by atoms with van der Waals surface area (Å²) in [6.07, 6.45) is 9.29. The van der Waals surface area contributed by atoms with Crippen molar-refractivity contribution in [3.63, 3.8) is 0 Å². The Kier molecular flexibility index (Phi) is 4.68. The largest absolute Gasteiger partial charge is 0.327 e. The van der Waals surface area contributed by atoms with E-state index in [2.05, 4.69) is 32.3 Å². The van der Waals surface area contributed by atoms with Crippen LogP contribution in [0.15, 0.2) is 55.2 Å². The Morgan fingerprint density at radius 3 is 2.85 bits per heavy atom. The fraction of sp³-hybridized carbons (Fsp3) is 0.316. The highest BCUT2D eigenvalue weighted by Crippen LogP contribution is 2.31. The quantitative estimate of drug-likeness (QED) is 0.724. The van der Waals surface area contributed by atoms with Gasteiger partial charge in [0.15, 0.2) is 5.82 Å². The van der Waals surface area contributed by atoms with Crippen molar-refractivity contribution in [1.29, 1.82) is 0 Å². The first kappa shape index (κ1) is 16.4. The molecule has 26 heavy (non-hydrogen) atoms. The summed E-state index contributed by atoms with van der Waals surface area (Å²) < 4.78 is 2.03. The van der Waals surface area contributed by atoms with Crippen LogP contribution in [0.1, 0.15) is 47.2 Å². The Morgan fingerprint density at radius 1 is 1.15 bits per heavy atom. The predicted octanol–water partition coefficient (Wildman–Crippen LogP) is 2.48. The number of benzene rings is 1. The van der Waals surface area contributed by atoms with Gasteiger partial charge in [0, 0.05) is 18.9 Å². The molecule has 0 unspecified atom stereocenters. The second-order valence-corrected chi connectivity index (χ2v) is 6.40. The van der Waals surface area contributed by atoms with Gasteiger partial charge in [-0.3, -0.25) is 9.78 Å². The molecule has 2 aromatic heterocycles. The van der Waals surface area contributed by atoms with E-state index in [9.17, 15) is 4.79 Å². The molecule has 0 saturated carbocycles. The third kappa shape index (κ3) is 3.33. The standard InChI is InChI=1S/C19H20N6O/c26-19(16-12-20-9-10-21-16)25-11-5-4-8-17(25)18-23-22-14-24(18)13-15-6-2-1-3-7-15/h1-3,6-7,9-10,12,14,17H,4-5,8,11,13H2/t17-/m0/s1. The van der Waals surface area contributed by atoms with Gasteiger partial charge in [-0.2, -0.15) is 0 Å². The number of amides is 1. The van der Waals surface area contributed by atoms with Gasteiger partial charge in [-0.15, -0.1) is 10.2 Å². The minimum atomic E-state index is -0.0999. The monoisotopic (exact) mass is 348 g/mol. The van der Waals surface area contributed by atoms with Gasteiger partial charge in [-0.05, 0) is 24.8 Å². The summed E-state index contributed by atoms with van der Waals surface area (Å²) in [6.45, 7) is 1.38. The van der Waals surface area contributed by atoms with Gasteiger partial charge in [0.2, 0.25) is 0 Å². The van der Waals surface area contributed by atoms with Crippen molar-refractivity contribution >= 4 is 5.91 Å². The minimum Gasteiger partial charge on any atom is -0.327 e. The van der Waals surface area contributed by atoms with Gasteiger partial charge in [-0.1, -0.05) is 30.3 Å². The fourth-order valence-electron chi connectivity index (χ4n) is 3.42. The zero-order valence-electron chi connectivity index (χ0n) is 14.4. The smallest absolute Gasteiger partial charge is 0.274 e. The third-order valence-corrected chi connectivity index (χ3v) is 4.69. The van der Waals surface area contributed by atoms with Crippen LogP contribution in [0, 0.1) is 0 Å². The molecular formula is C19H20N6O. The van der Waals surface area contributed by atoms with Crippen molar-refractivity contribution in [3.8, 4) is 0 Å². The lowest BCUT2D eigenvalue weighted by Crippen LogP contribution is -2.40. The lowest BCUT2D eigenvalue weighted by atomic mass is 10.0. The van der Waals surface area contributed by atoms with E-state index in [0.29, 0.717) is 18.8 Å². The average Bonchev–Trinajstić information content (AvgIpc) is 3.17. The maximum absolute atomic E-state index is 12.9. The van der Waals surface area contributed by atoms with Crippen LogP contribution in [0.5, 0.6) is 0 Å². The normalized spacial score (nSPS) is 17.2. The topological polar surface area (TPSA) is 76.8 Å². The Balaban J connectivity index is 1.61. The van der Waals surface area contributed by atoms with E-state index in [-0.39, 0.29) is 11.9 Å². The second kappa shape index (κ2) is 7.43. The van der Waals surface area contributed by atoms with Crippen molar-refractivity contribution in [1.82, 2.24) is 29.6 Å². The Morgan fingerprint density at radius 2 is 2.04 bits per heavy atom. The number of aromatic nitrogens is 5. The molecule has 4 rings (SSSR count). The highest BCUT2D eigenvalue weighted by molar-refractivity contribution is 5.92. The SMILES string of the molecule is O=C(c1cnccn1)N1CCCC[C@H]1c1nncn1Cc1ccccc1. The number of carbonyl (C=O) groups is 1. The van der Waals surface area contributed by atoms with Gasteiger partial charge in [0.05, 0.1) is 18.8 Å². The molecule has 1 aliphatic rings.